The van der Waals surface area contributed by atoms with Gasteiger partial charge in [-0.2, -0.15) is 0 Å². The van der Waals surface area contributed by atoms with Crippen molar-refractivity contribution in [2.75, 3.05) is 25.5 Å². The summed E-state index contributed by atoms with van der Waals surface area (Å²) >= 11 is 0. The first-order chi connectivity index (χ1) is 8.72. The zero-order valence-corrected chi connectivity index (χ0v) is 11.3. The number of rotatable bonds is 3. The number of nitrogens with one attached hydrogen (secondary N) is 2. The highest BCUT2D eigenvalue weighted by atomic mass is 14.8. The predicted octanol–water partition coefficient (Wildman–Crippen LogP) is 2.55. The number of benzene rings is 1. The molecule has 0 spiro atoms. The Kier molecular flexibility index (Phi) is 5.94. The lowest BCUT2D eigenvalue weighted by Crippen LogP contribution is -2.01. The smallest absolute Gasteiger partial charge is 0.0507 e. The van der Waals surface area contributed by atoms with Crippen molar-refractivity contribution < 1.29 is 0 Å². The standard InChI is InChI=1S/C10H12N2.C4H10N2/c1-7-5-9(11-2)6-8-3-4-12-10(7)8;1-2-6-4-3-5/h3-6,11-12H,1-2H3;2H,3-5H2,1H3. The van der Waals surface area contributed by atoms with E-state index >= 15 is 0 Å². The van der Waals surface area contributed by atoms with Gasteiger partial charge in [0.25, 0.3) is 0 Å². The number of aromatic amines is 1. The number of anilines is 1. The Morgan fingerprint density at radius 3 is 2.78 bits per heavy atom. The monoisotopic (exact) mass is 246 g/mol. The molecule has 0 atom stereocenters. The molecule has 2 rings (SSSR count). The number of aromatic nitrogens is 1. The second-order valence-electron chi connectivity index (χ2n) is 3.94. The van der Waals surface area contributed by atoms with Crippen molar-refractivity contribution in [3.63, 3.8) is 0 Å². The third-order valence-corrected chi connectivity index (χ3v) is 2.59. The summed E-state index contributed by atoms with van der Waals surface area (Å²) in [5, 5.41) is 4.40. The first-order valence-corrected chi connectivity index (χ1v) is 6.13. The highest BCUT2D eigenvalue weighted by Crippen LogP contribution is 2.21. The zero-order chi connectivity index (χ0) is 13.4. The van der Waals surface area contributed by atoms with Gasteiger partial charge in [-0.25, -0.2) is 0 Å². The van der Waals surface area contributed by atoms with Gasteiger partial charge in [0.1, 0.15) is 0 Å². The highest BCUT2D eigenvalue weighted by molar-refractivity contribution is 5.86. The van der Waals surface area contributed by atoms with E-state index < -0.39 is 0 Å². The van der Waals surface area contributed by atoms with E-state index in [1.807, 2.05) is 20.2 Å². The van der Waals surface area contributed by atoms with Crippen LogP contribution in [0.15, 0.2) is 29.4 Å². The number of nitrogens with zero attached hydrogens (tertiary/aromatic N) is 1. The lowest BCUT2D eigenvalue weighted by Gasteiger charge is -2.02. The molecule has 0 radical (unpaired) electrons. The molecular formula is C14H22N4. The van der Waals surface area contributed by atoms with Crippen LogP contribution in [0, 0.1) is 6.92 Å². The molecule has 0 aliphatic rings. The van der Waals surface area contributed by atoms with Crippen molar-refractivity contribution in [3.8, 4) is 0 Å². The summed E-state index contributed by atoms with van der Waals surface area (Å²) in [4.78, 5) is 7.05. The maximum Gasteiger partial charge on any atom is 0.0507 e. The fraction of sp³-hybridized carbons (Fsp3) is 0.357. The molecule has 0 aliphatic heterocycles. The van der Waals surface area contributed by atoms with Crippen LogP contribution < -0.4 is 11.1 Å². The van der Waals surface area contributed by atoms with E-state index in [-0.39, 0.29) is 0 Å². The molecular weight excluding hydrogens is 224 g/mol. The second kappa shape index (κ2) is 7.50. The second-order valence-corrected chi connectivity index (χ2v) is 3.94. The molecule has 0 saturated carbocycles. The summed E-state index contributed by atoms with van der Waals surface area (Å²) in [5.74, 6) is 0. The van der Waals surface area contributed by atoms with Crippen molar-refractivity contribution in [1.82, 2.24) is 4.98 Å². The van der Waals surface area contributed by atoms with Crippen LogP contribution in [0.4, 0.5) is 5.69 Å². The number of fused-ring (bicyclic) bond motifs is 1. The molecule has 4 heteroatoms. The van der Waals surface area contributed by atoms with Gasteiger partial charge in [-0.3, -0.25) is 4.99 Å². The van der Waals surface area contributed by atoms with Crippen molar-refractivity contribution >= 4 is 22.8 Å². The molecule has 2 aromatic rings. The van der Waals surface area contributed by atoms with Crippen LogP contribution in [0.5, 0.6) is 0 Å². The molecule has 1 heterocycles. The molecule has 0 unspecified atom stereocenters. The van der Waals surface area contributed by atoms with Crippen LogP contribution in [-0.4, -0.2) is 31.3 Å². The Labute approximate surface area is 108 Å². The molecule has 1 aromatic heterocycles. The molecule has 0 saturated heterocycles. The molecule has 18 heavy (non-hydrogen) atoms. The van der Waals surface area contributed by atoms with E-state index in [4.69, 9.17) is 5.73 Å². The average molecular weight is 246 g/mol. The molecule has 0 aliphatic carbocycles. The van der Waals surface area contributed by atoms with Gasteiger partial charge in [0.05, 0.1) is 6.54 Å². The summed E-state index contributed by atoms with van der Waals surface area (Å²) in [6.45, 7) is 5.41. The zero-order valence-electron chi connectivity index (χ0n) is 11.3. The predicted molar refractivity (Wildman–Crippen MR) is 80.7 cm³/mol. The molecule has 0 amide bonds. The van der Waals surface area contributed by atoms with Gasteiger partial charge in [0, 0.05) is 36.4 Å². The SMILES string of the molecule is CC=NCCN.CNc1cc(C)c2[nH]ccc2c1. The van der Waals surface area contributed by atoms with Gasteiger partial charge in [-0.15, -0.1) is 0 Å². The fourth-order valence-electron chi connectivity index (χ4n) is 1.71. The Morgan fingerprint density at radius 1 is 1.44 bits per heavy atom. The van der Waals surface area contributed by atoms with Crippen molar-refractivity contribution in [3.05, 3.63) is 30.0 Å². The summed E-state index contributed by atoms with van der Waals surface area (Å²) < 4.78 is 0. The lowest BCUT2D eigenvalue weighted by molar-refractivity contribution is 0.980. The molecule has 1 aromatic carbocycles. The van der Waals surface area contributed by atoms with Gasteiger partial charge >= 0.3 is 0 Å². The van der Waals surface area contributed by atoms with Crippen molar-refractivity contribution in [2.24, 2.45) is 10.7 Å². The number of hydrogen-bond donors (Lipinski definition) is 3. The summed E-state index contributed by atoms with van der Waals surface area (Å²) in [7, 11) is 1.94. The molecule has 0 bridgehead atoms. The van der Waals surface area contributed by atoms with E-state index in [1.165, 1.54) is 22.2 Å². The third-order valence-electron chi connectivity index (χ3n) is 2.59. The Hall–Kier alpha value is -1.81. The first kappa shape index (κ1) is 14.3. The quantitative estimate of drug-likeness (QED) is 0.729. The van der Waals surface area contributed by atoms with Crippen LogP contribution in [0.1, 0.15) is 12.5 Å². The summed E-state index contributed by atoms with van der Waals surface area (Å²) in [6, 6.07) is 6.36. The van der Waals surface area contributed by atoms with Crippen LogP contribution in [0.2, 0.25) is 0 Å². The van der Waals surface area contributed by atoms with Crippen LogP contribution in [-0.2, 0) is 0 Å². The van der Waals surface area contributed by atoms with Crippen LogP contribution in [0.25, 0.3) is 10.9 Å². The molecule has 98 valence electrons. The van der Waals surface area contributed by atoms with Crippen LogP contribution in [0.3, 0.4) is 0 Å². The van der Waals surface area contributed by atoms with Crippen molar-refractivity contribution in [2.45, 2.75) is 13.8 Å². The maximum absolute atomic E-state index is 5.10. The summed E-state index contributed by atoms with van der Waals surface area (Å²) in [5.41, 5.74) is 8.78. The van der Waals surface area contributed by atoms with Gasteiger partial charge in [-0.1, -0.05) is 0 Å². The Balaban J connectivity index is 0.000000232. The molecule has 4 N–H and O–H groups in total. The number of aryl methyl sites for hydroxylation is 1. The van der Waals surface area contributed by atoms with E-state index in [1.54, 1.807) is 6.21 Å². The first-order valence-electron chi connectivity index (χ1n) is 6.13. The Bertz CT molecular complexity index is 499. The largest absolute Gasteiger partial charge is 0.388 e. The van der Waals surface area contributed by atoms with E-state index in [0.717, 1.165) is 6.54 Å². The van der Waals surface area contributed by atoms with E-state index in [0.29, 0.717) is 6.54 Å². The van der Waals surface area contributed by atoms with Crippen molar-refractivity contribution in [1.29, 1.82) is 0 Å². The summed E-state index contributed by atoms with van der Waals surface area (Å²) in [6.07, 6.45) is 3.73. The maximum atomic E-state index is 5.10. The number of H-pyrrole nitrogens is 1. The lowest BCUT2D eigenvalue weighted by atomic mass is 10.1. The minimum absolute atomic E-state index is 0.657. The third kappa shape index (κ3) is 3.89. The fourth-order valence-corrected chi connectivity index (χ4v) is 1.71. The van der Waals surface area contributed by atoms with Gasteiger partial charge in [0.2, 0.25) is 0 Å². The number of hydrogen-bond acceptors (Lipinski definition) is 3. The normalized spacial score (nSPS) is 10.4. The van der Waals surface area contributed by atoms with E-state index in [9.17, 15) is 0 Å². The highest BCUT2D eigenvalue weighted by Gasteiger charge is 1.99. The molecule has 4 nitrogen and oxygen atoms in total. The minimum atomic E-state index is 0.657. The number of aliphatic imine (C=N–C) groups is 1. The number of nitrogens with two attached hydrogens (primary N) is 1. The van der Waals surface area contributed by atoms with Gasteiger partial charge in [-0.05, 0) is 43.8 Å². The Morgan fingerprint density at radius 2 is 2.22 bits per heavy atom. The average Bonchev–Trinajstić information content (AvgIpc) is 2.85. The van der Waals surface area contributed by atoms with Crippen LogP contribution >= 0.6 is 0 Å². The van der Waals surface area contributed by atoms with Gasteiger partial charge in [0.15, 0.2) is 0 Å². The van der Waals surface area contributed by atoms with E-state index in [2.05, 4.69) is 40.4 Å². The topological polar surface area (TPSA) is 66.2 Å². The van der Waals surface area contributed by atoms with Gasteiger partial charge < -0.3 is 16.0 Å². The minimum Gasteiger partial charge on any atom is -0.388 e. The molecule has 0 fully saturated rings.